The van der Waals surface area contributed by atoms with Gasteiger partial charge in [-0.15, -0.1) is 0 Å². The predicted molar refractivity (Wildman–Crippen MR) is 121 cm³/mol. The first kappa shape index (κ1) is 19.7. The van der Waals surface area contributed by atoms with Gasteiger partial charge in [-0.1, -0.05) is 18.2 Å². The zero-order valence-electron chi connectivity index (χ0n) is 17.9. The highest BCUT2D eigenvalue weighted by molar-refractivity contribution is 6.07. The van der Waals surface area contributed by atoms with Gasteiger partial charge in [-0.2, -0.15) is 0 Å². The van der Waals surface area contributed by atoms with Crippen molar-refractivity contribution in [2.45, 2.75) is 37.8 Å². The molecule has 1 saturated heterocycles. The maximum absolute atomic E-state index is 13.0. The number of hydrogen-bond acceptors (Lipinski definition) is 5. The molecule has 3 aromatic rings. The van der Waals surface area contributed by atoms with Crippen LogP contribution in [0.1, 0.15) is 47.6 Å². The van der Waals surface area contributed by atoms with Crippen molar-refractivity contribution in [3.05, 3.63) is 59.7 Å². The normalized spacial score (nSPS) is 18.3. The Morgan fingerprint density at radius 3 is 2.68 bits per heavy atom. The first-order valence-electron chi connectivity index (χ1n) is 10.9. The number of amides is 1. The number of aromatic nitrogens is 1. The molecule has 1 N–H and O–H groups in total. The number of nitrogens with zero attached hydrogens (tertiary/aromatic N) is 2. The lowest BCUT2D eigenvalue weighted by Gasteiger charge is -2.28. The predicted octanol–water partition coefficient (Wildman–Crippen LogP) is 4.49. The van der Waals surface area contributed by atoms with Crippen LogP contribution in [0.15, 0.2) is 48.5 Å². The summed E-state index contributed by atoms with van der Waals surface area (Å²) in [5.74, 6) is 2.45. The number of ether oxygens (including phenoxy) is 2. The molecule has 1 aliphatic carbocycles. The van der Waals surface area contributed by atoms with Gasteiger partial charge in [-0.3, -0.25) is 4.79 Å². The van der Waals surface area contributed by atoms with E-state index >= 15 is 0 Å². The molecule has 160 valence electrons. The van der Waals surface area contributed by atoms with Crippen LogP contribution in [0, 0.1) is 0 Å². The Hall–Kier alpha value is -3.28. The number of para-hydroxylation sites is 1. The third-order valence-electron chi connectivity index (χ3n) is 6.20. The van der Waals surface area contributed by atoms with Gasteiger partial charge in [0.2, 0.25) is 0 Å². The number of benzene rings is 2. The van der Waals surface area contributed by atoms with Gasteiger partial charge >= 0.3 is 0 Å². The number of fused-ring (bicyclic) bond motifs is 1. The average Bonchev–Trinajstić information content (AvgIpc) is 3.49. The second-order valence-electron chi connectivity index (χ2n) is 8.25. The fourth-order valence-corrected chi connectivity index (χ4v) is 4.45. The summed E-state index contributed by atoms with van der Waals surface area (Å²) in [6, 6.07) is 16.1. The van der Waals surface area contributed by atoms with E-state index < -0.39 is 0 Å². The number of carbonyl (C=O) groups excluding carboxylic acids is 1. The van der Waals surface area contributed by atoms with Gasteiger partial charge in [0, 0.05) is 23.5 Å². The van der Waals surface area contributed by atoms with Crippen molar-refractivity contribution < 1.29 is 14.3 Å². The average molecular weight is 418 g/mol. The molecule has 2 aliphatic rings. The number of anilines is 1. The molecule has 31 heavy (non-hydrogen) atoms. The highest BCUT2D eigenvalue weighted by atomic mass is 16.5. The van der Waals surface area contributed by atoms with E-state index in [0.29, 0.717) is 11.6 Å². The van der Waals surface area contributed by atoms with Crippen molar-refractivity contribution in [2.75, 3.05) is 25.7 Å². The summed E-state index contributed by atoms with van der Waals surface area (Å²) >= 11 is 0. The fourth-order valence-electron chi connectivity index (χ4n) is 4.45. The zero-order valence-corrected chi connectivity index (χ0v) is 17.9. The third kappa shape index (κ3) is 3.78. The van der Waals surface area contributed by atoms with E-state index in [4.69, 9.17) is 14.5 Å². The molecule has 1 aromatic heterocycles. The highest BCUT2D eigenvalue weighted by Gasteiger charge is 2.31. The van der Waals surface area contributed by atoms with Crippen molar-refractivity contribution in [3.63, 3.8) is 0 Å². The molecule has 1 aliphatic heterocycles. The first-order valence-corrected chi connectivity index (χ1v) is 10.9. The Bertz CT molecular complexity index is 1130. The number of pyridine rings is 1. The van der Waals surface area contributed by atoms with Crippen LogP contribution < -0.4 is 19.7 Å². The molecule has 0 bridgehead atoms. The molecular formula is C25H27N3O3. The molecule has 0 radical (unpaired) electrons. The van der Waals surface area contributed by atoms with E-state index in [9.17, 15) is 4.79 Å². The molecule has 6 nitrogen and oxygen atoms in total. The van der Waals surface area contributed by atoms with Crippen molar-refractivity contribution in [3.8, 4) is 11.5 Å². The summed E-state index contributed by atoms with van der Waals surface area (Å²) in [5.41, 5.74) is 2.61. The number of methoxy groups -OCH3 is 2. The molecule has 2 aromatic carbocycles. The SMILES string of the molecule is COc1ccc(OC)c(C2CCCN2c2cc(C(=O)NC3CC3)c3ccccc3n2)c1. The van der Waals surface area contributed by atoms with Gasteiger partial charge in [0.25, 0.3) is 5.91 Å². The lowest BCUT2D eigenvalue weighted by atomic mass is 10.0. The van der Waals surface area contributed by atoms with E-state index in [1.807, 2.05) is 48.5 Å². The largest absolute Gasteiger partial charge is 0.497 e. The van der Waals surface area contributed by atoms with E-state index in [-0.39, 0.29) is 11.9 Å². The van der Waals surface area contributed by atoms with Gasteiger partial charge in [-0.25, -0.2) is 4.98 Å². The fraction of sp³-hybridized carbons (Fsp3) is 0.360. The minimum absolute atomic E-state index is 0.0166. The molecule has 0 spiro atoms. The van der Waals surface area contributed by atoms with Crippen molar-refractivity contribution in [1.29, 1.82) is 0 Å². The Balaban J connectivity index is 1.57. The molecule has 2 heterocycles. The van der Waals surface area contributed by atoms with Crippen LogP contribution >= 0.6 is 0 Å². The second-order valence-corrected chi connectivity index (χ2v) is 8.25. The lowest BCUT2D eigenvalue weighted by molar-refractivity contribution is 0.0952. The molecule has 1 saturated carbocycles. The van der Waals surface area contributed by atoms with Crippen molar-refractivity contribution in [1.82, 2.24) is 10.3 Å². The standard InChI is InChI=1S/C25H27N3O3/c1-30-17-11-12-23(31-2)20(14-17)22-8-5-13-28(22)24-15-19(25(29)26-16-9-10-16)18-6-3-4-7-21(18)27-24/h3-4,6-7,11-12,14-16,22H,5,8-10,13H2,1-2H3,(H,26,29). The summed E-state index contributed by atoms with van der Waals surface area (Å²) in [5, 5.41) is 4.02. The van der Waals surface area contributed by atoms with E-state index in [1.165, 1.54) is 0 Å². The Labute approximate surface area is 182 Å². The van der Waals surface area contributed by atoms with Gasteiger partial charge in [0.05, 0.1) is 31.3 Å². The quantitative estimate of drug-likeness (QED) is 0.640. The van der Waals surface area contributed by atoms with Crippen LogP contribution in [0.5, 0.6) is 11.5 Å². The molecular weight excluding hydrogens is 390 g/mol. The van der Waals surface area contributed by atoms with Gasteiger partial charge in [0.1, 0.15) is 17.3 Å². The number of nitrogens with one attached hydrogen (secondary N) is 1. The van der Waals surface area contributed by atoms with Crippen LogP contribution in [-0.2, 0) is 0 Å². The zero-order chi connectivity index (χ0) is 21.4. The van der Waals surface area contributed by atoms with Crippen molar-refractivity contribution >= 4 is 22.6 Å². The van der Waals surface area contributed by atoms with Crippen LogP contribution in [0.3, 0.4) is 0 Å². The molecule has 1 amide bonds. The molecule has 5 rings (SSSR count). The van der Waals surface area contributed by atoms with Gasteiger partial charge < -0.3 is 19.7 Å². The van der Waals surface area contributed by atoms with E-state index in [0.717, 1.165) is 66.0 Å². The number of rotatable bonds is 6. The van der Waals surface area contributed by atoms with E-state index in [1.54, 1.807) is 14.2 Å². The third-order valence-corrected chi connectivity index (χ3v) is 6.20. The topological polar surface area (TPSA) is 63.7 Å². The maximum Gasteiger partial charge on any atom is 0.252 e. The number of carbonyl (C=O) groups is 1. The molecule has 2 fully saturated rings. The molecule has 6 heteroatoms. The monoisotopic (exact) mass is 417 g/mol. The summed E-state index contributed by atoms with van der Waals surface area (Å²) < 4.78 is 11.1. The molecule has 1 unspecified atom stereocenters. The number of hydrogen-bond donors (Lipinski definition) is 1. The minimum atomic E-state index is -0.0166. The molecule has 1 atom stereocenters. The van der Waals surface area contributed by atoms with Crippen molar-refractivity contribution in [2.24, 2.45) is 0 Å². The van der Waals surface area contributed by atoms with Crippen LogP contribution in [0.25, 0.3) is 10.9 Å². The van der Waals surface area contributed by atoms with Gasteiger partial charge in [-0.05, 0) is 56.0 Å². The lowest BCUT2D eigenvalue weighted by Crippen LogP contribution is -2.27. The minimum Gasteiger partial charge on any atom is -0.497 e. The second kappa shape index (κ2) is 8.10. The highest BCUT2D eigenvalue weighted by Crippen LogP contribution is 2.41. The Morgan fingerprint density at radius 1 is 1.06 bits per heavy atom. The first-order chi connectivity index (χ1) is 15.2. The van der Waals surface area contributed by atoms with E-state index in [2.05, 4.69) is 10.2 Å². The maximum atomic E-state index is 13.0. The summed E-state index contributed by atoms with van der Waals surface area (Å²) in [6.07, 6.45) is 4.15. The van der Waals surface area contributed by atoms with Gasteiger partial charge in [0.15, 0.2) is 0 Å². The Morgan fingerprint density at radius 2 is 1.90 bits per heavy atom. The summed E-state index contributed by atoms with van der Waals surface area (Å²) in [4.78, 5) is 20.2. The van der Waals surface area contributed by atoms with Crippen LogP contribution in [0.2, 0.25) is 0 Å². The smallest absolute Gasteiger partial charge is 0.252 e. The summed E-state index contributed by atoms with van der Waals surface area (Å²) in [7, 11) is 3.37. The van der Waals surface area contributed by atoms with Crippen LogP contribution in [0.4, 0.5) is 5.82 Å². The van der Waals surface area contributed by atoms with Crippen LogP contribution in [-0.4, -0.2) is 37.7 Å². The Kier molecular flexibility index (Phi) is 5.14. The summed E-state index contributed by atoms with van der Waals surface area (Å²) in [6.45, 7) is 0.875.